The maximum atomic E-state index is 12.3. The highest BCUT2D eigenvalue weighted by molar-refractivity contribution is 9.10. The van der Waals surface area contributed by atoms with Crippen molar-refractivity contribution in [3.8, 4) is 5.75 Å². The highest BCUT2D eigenvalue weighted by Crippen LogP contribution is 2.17. The average molecular weight is 425 g/mol. The van der Waals surface area contributed by atoms with E-state index in [1.807, 2.05) is 24.3 Å². The standard InChI is InChI=1S/C16H15BrClN5O2/c1-11(23-8-13(18)6-20-23)16(24)21-14-7-19-22(9-14)10-25-15-4-2-12(17)3-5-15/h2-9,11H,10H2,1H3,(H,21,24). The molecule has 1 aromatic carbocycles. The van der Waals surface area contributed by atoms with Gasteiger partial charge in [0.1, 0.15) is 11.8 Å². The van der Waals surface area contributed by atoms with Gasteiger partial charge in [-0.1, -0.05) is 27.5 Å². The summed E-state index contributed by atoms with van der Waals surface area (Å²) in [6, 6.07) is 7.01. The number of carbonyl (C=O) groups excluding carboxylic acids is 1. The summed E-state index contributed by atoms with van der Waals surface area (Å²) in [5.74, 6) is 0.515. The van der Waals surface area contributed by atoms with Crippen LogP contribution in [0.4, 0.5) is 5.69 Å². The second kappa shape index (κ2) is 7.71. The van der Waals surface area contributed by atoms with Crippen molar-refractivity contribution in [2.75, 3.05) is 5.32 Å². The molecule has 0 aliphatic rings. The molecular weight excluding hydrogens is 410 g/mol. The Balaban J connectivity index is 1.55. The molecule has 9 heteroatoms. The molecule has 0 saturated heterocycles. The number of anilines is 1. The Labute approximate surface area is 157 Å². The average Bonchev–Trinajstić information content (AvgIpc) is 3.22. The maximum Gasteiger partial charge on any atom is 0.249 e. The van der Waals surface area contributed by atoms with Crippen molar-refractivity contribution >= 4 is 39.1 Å². The van der Waals surface area contributed by atoms with Crippen molar-refractivity contribution < 1.29 is 9.53 Å². The summed E-state index contributed by atoms with van der Waals surface area (Å²) in [7, 11) is 0. The van der Waals surface area contributed by atoms with Crippen molar-refractivity contribution in [3.63, 3.8) is 0 Å². The van der Waals surface area contributed by atoms with Crippen LogP contribution < -0.4 is 10.1 Å². The summed E-state index contributed by atoms with van der Waals surface area (Å²) < 4.78 is 9.70. The quantitative estimate of drug-likeness (QED) is 0.654. The Kier molecular flexibility index (Phi) is 5.40. The third kappa shape index (κ3) is 4.61. The molecule has 2 heterocycles. The molecule has 0 radical (unpaired) electrons. The van der Waals surface area contributed by atoms with Gasteiger partial charge in [0.05, 0.1) is 29.3 Å². The lowest BCUT2D eigenvalue weighted by Gasteiger charge is -2.11. The third-order valence-corrected chi connectivity index (χ3v) is 4.15. The molecule has 0 saturated carbocycles. The molecule has 0 spiro atoms. The molecule has 1 amide bonds. The fourth-order valence-electron chi connectivity index (χ4n) is 2.06. The van der Waals surface area contributed by atoms with Gasteiger partial charge < -0.3 is 10.1 Å². The van der Waals surface area contributed by atoms with Crippen molar-refractivity contribution in [1.82, 2.24) is 19.6 Å². The monoisotopic (exact) mass is 423 g/mol. The first kappa shape index (κ1) is 17.5. The van der Waals surface area contributed by atoms with Gasteiger partial charge in [0.15, 0.2) is 6.73 Å². The van der Waals surface area contributed by atoms with Crippen LogP contribution in [-0.4, -0.2) is 25.5 Å². The molecule has 2 aromatic heterocycles. The number of halogens is 2. The zero-order chi connectivity index (χ0) is 17.8. The lowest BCUT2D eigenvalue weighted by molar-refractivity contribution is -0.119. The number of nitrogens with one attached hydrogen (secondary N) is 1. The molecule has 0 bridgehead atoms. The first-order chi connectivity index (χ1) is 12.0. The molecular formula is C16H15BrClN5O2. The predicted molar refractivity (Wildman–Crippen MR) is 97.6 cm³/mol. The van der Waals surface area contributed by atoms with E-state index >= 15 is 0 Å². The molecule has 7 nitrogen and oxygen atoms in total. The van der Waals surface area contributed by atoms with Crippen LogP contribution in [0.1, 0.15) is 13.0 Å². The van der Waals surface area contributed by atoms with Crippen LogP contribution in [0.3, 0.4) is 0 Å². The van der Waals surface area contributed by atoms with Gasteiger partial charge in [0.25, 0.3) is 0 Å². The van der Waals surface area contributed by atoms with Gasteiger partial charge in [-0.15, -0.1) is 0 Å². The summed E-state index contributed by atoms with van der Waals surface area (Å²) in [4.78, 5) is 12.3. The normalized spacial score (nSPS) is 12.0. The van der Waals surface area contributed by atoms with E-state index in [1.165, 1.54) is 10.9 Å². The van der Waals surface area contributed by atoms with E-state index in [0.717, 1.165) is 10.2 Å². The van der Waals surface area contributed by atoms with Gasteiger partial charge in [-0.25, -0.2) is 4.68 Å². The molecule has 0 aliphatic carbocycles. The van der Waals surface area contributed by atoms with Gasteiger partial charge in [-0.05, 0) is 31.2 Å². The second-order valence-electron chi connectivity index (χ2n) is 5.30. The minimum atomic E-state index is -0.491. The summed E-state index contributed by atoms with van der Waals surface area (Å²) in [6.45, 7) is 1.97. The van der Waals surface area contributed by atoms with Gasteiger partial charge in [-0.3, -0.25) is 9.48 Å². The molecule has 3 rings (SSSR count). The van der Waals surface area contributed by atoms with E-state index < -0.39 is 6.04 Å². The first-order valence-corrected chi connectivity index (χ1v) is 8.60. The van der Waals surface area contributed by atoms with Crippen molar-refractivity contribution in [2.45, 2.75) is 19.7 Å². The summed E-state index contributed by atoms with van der Waals surface area (Å²) in [5, 5.41) is 11.5. The summed E-state index contributed by atoms with van der Waals surface area (Å²) in [6.07, 6.45) is 6.34. The molecule has 130 valence electrons. The SMILES string of the molecule is CC(C(=O)Nc1cnn(COc2ccc(Br)cc2)c1)n1cc(Cl)cn1. The number of carbonyl (C=O) groups is 1. The third-order valence-electron chi connectivity index (χ3n) is 3.42. The fraction of sp³-hybridized carbons (Fsp3) is 0.188. The Morgan fingerprint density at radius 2 is 2.04 bits per heavy atom. The Bertz CT molecular complexity index is 862. The topological polar surface area (TPSA) is 74.0 Å². The van der Waals surface area contributed by atoms with Gasteiger partial charge in [0, 0.05) is 10.7 Å². The lowest BCUT2D eigenvalue weighted by atomic mass is 10.3. The first-order valence-electron chi connectivity index (χ1n) is 7.42. The highest BCUT2D eigenvalue weighted by Gasteiger charge is 2.16. The molecule has 25 heavy (non-hydrogen) atoms. The summed E-state index contributed by atoms with van der Waals surface area (Å²) >= 11 is 9.19. The molecule has 1 unspecified atom stereocenters. The number of rotatable bonds is 6. The number of aromatic nitrogens is 4. The number of nitrogens with zero attached hydrogens (tertiary/aromatic N) is 4. The predicted octanol–water partition coefficient (Wildman–Crippen LogP) is 3.73. The number of benzene rings is 1. The minimum absolute atomic E-state index is 0.215. The van der Waals surface area contributed by atoms with E-state index in [0.29, 0.717) is 10.7 Å². The zero-order valence-corrected chi connectivity index (χ0v) is 15.6. The smallest absolute Gasteiger partial charge is 0.249 e. The Morgan fingerprint density at radius 3 is 2.72 bits per heavy atom. The number of hydrogen-bond donors (Lipinski definition) is 1. The second-order valence-corrected chi connectivity index (χ2v) is 6.65. The van der Waals surface area contributed by atoms with E-state index in [4.69, 9.17) is 16.3 Å². The maximum absolute atomic E-state index is 12.3. The van der Waals surface area contributed by atoms with Gasteiger partial charge in [-0.2, -0.15) is 10.2 Å². The van der Waals surface area contributed by atoms with Crippen LogP contribution in [0.15, 0.2) is 53.5 Å². The minimum Gasteiger partial charge on any atom is -0.471 e. The van der Waals surface area contributed by atoms with Gasteiger partial charge >= 0.3 is 0 Å². The fourth-order valence-corrected chi connectivity index (χ4v) is 2.47. The van der Waals surface area contributed by atoms with Crippen LogP contribution in [0, 0.1) is 0 Å². The largest absolute Gasteiger partial charge is 0.471 e. The van der Waals surface area contributed by atoms with Crippen molar-refractivity contribution in [1.29, 1.82) is 0 Å². The van der Waals surface area contributed by atoms with Crippen molar-refractivity contribution in [3.05, 3.63) is 58.5 Å². The lowest BCUT2D eigenvalue weighted by Crippen LogP contribution is -2.23. The molecule has 0 aliphatic heterocycles. The Morgan fingerprint density at radius 1 is 1.28 bits per heavy atom. The van der Waals surface area contributed by atoms with E-state index in [-0.39, 0.29) is 12.6 Å². The van der Waals surface area contributed by atoms with Crippen LogP contribution in [-0.2, 0) is 11.5 Å². The molecule has 1 atom stereocenters. The number of amides is 1. The number of hydrogen-bond acceptors (Lipinski definition) is 4. The van der Waals surface area contributed by atoms with Crippen LogP contribution in [0.2, 0.25) is 5.02 Å². The van der Waals surface area contributed by atoms with E-state index in [1.54, 1.807) is 30.2 Å². The van der Waals surface area contributed by atoms with Crippen molar-refractivity contribution in [2.24, 2.45) is 0 Å². The van der Waals surface area contributed by atoms with Gasteiger partial charge in [0.2, 0.25) is 5.91 Å². The molecule has 3 aromatic rings. The Hall–Kier alpha value is -2.32. The molecule has 1 N–H and O–H groups in total. The zero-order valence-electron chi connectivity index (χ0n) is 13.3. The van der Waals surface area contributed by atoms with Crippen LogP contribution in [0.5, 0.6) is 5.75 Å². The molecule has 0 fully saturated rings. The van der Waals surface area contributed by atoms with Crippen LogP contribution in [0.25, 0.3) is 0 Å². The number of ether oxygens (including phenoxy) is 1. The summed E-state index contributed by atoms with van der Waals surface area (Å²) in [5.41, 5.74) is 0.578. The van der Waals surface area contributed by atoms with Crippen LogP contribution >= 0.6 is 27.5 Å². The highest BCUT2D eigenvalue weighted by atomic mass is 79.9. The van der Waals surface area contributed by atoms with E-state index in [2.05, 4.69) is 31.4 Å². The van der Waals surface area contributed by atoms with E-state index in [9.17, 15) is 4.79 Å².